The monoisotopic (exact) mass is 362 g/mol. The fourth-order valence-corrected chi connectivity index (χ4v) is 2.97. The molecular formula is C18H22N2O4S. The quantitative estimate of drug-likeness (QED) is 0.755. The van der Waals surface area contributed by atoms with Gasteiger partial charge >= 0.3 is 0 Å². The molecule has 0 bridgehead atoms. The molecule has 0 heterocycles. The van der Waals surface area contributed by atoms with Crippen LogP contribution in [0.5, 0.6) is 5.75 Å². The van der Waals surface area contributed by atoms with Crippen molar-refractivity contribution < 1.29 is 17.9 Å². The van der Waals surface area contributed by atoms with Gasteiger partial charge in [-0.25, -0.2) is 13.1 Å². The summed E-state index contributed by atoms with van der Waals surface area (Å²) in [5.74, 6) is 0.403. The van der Waals surface area contributed by atoms with Crippen molar-refractivity contribution in [2.24, 2.45) is 0 Å². The smallest absolute Gasteiger partial charge is 0.251 e. The van der Waals surface area contributed by atoms with Gasteiger partial charge in [0, 0.05) is 12.1 Å². The summed E-state index contributed by atoms with van der Waals surface area (Å²) in [6, 6.07) is 13.4. The highest BCUT2D eigenvalue weighted by atomic mass is 32.2. The second-order valence-electron chi connectivity index (χ2n) is 5.41. The highest BCUT2D eigenvalue weighted by Crippen LogP contribution is 2.14. The maximum Gasteiger partial charge on any atom is 0.251 e. The highest BCUT2D eigenvalue weighted by Gasteiger charge is 2.12. The van der Waals surface area contributed by atoms with Crippen molar-refractivity contribution in [1.82, 2.24) is 10.0 Å². The molecule has 2 rings (SSSR count). The van der Waals surface area contributed by atoms with Gasteiger partial charge in [-0.05, 0) is 49.4 Å². The Morgan fingerprint density at radius 1 is 1.12 bits per heavy atom. The van der Waals surface area contributed by atoms with E-state index in [9.17, 15) is 13.2 Å². The molecule has 0 radical (unpaired) electrons. The molecule has 2 aromatic rings. The number of amides is 1. The Labute approximate surface area is 148 Å². The van der Waals surface area contributed by atoms with Crippen LogP contribution in [0.15, 0.2) is 53.4 Å². The van der Waals surface area contributed by atoms with Crippen molar-refractivity contribution in [1.29, 1.82) is 0 Å². The van der Waals surface area contributed by atoms with Gasteiger partial charge in [-0.15, -0.1) is 0 Å². The summed E-state index contributed by atoms with van der Waals surface area (Å²) < 4.78 is 31.4. The van der Waals surface area contributed by atoms with Gasteiger partial charge in [0.15, 0.2) is 0 Å². The van der Waals surface area contributed by atoms with Crippen molar-refractivity contribution in [3.8, 4) is 5.75 Å². The number of nitrogens with one attached hydrogen (secondary N) is 2. The molecule has 2 N–H and O–H groups in total. The molecule has 0 aromatic heterocycles. The van der Waals surface area contributed by atoms with Crippen molar-refractivity contribution in [2.45, 2.75) is 24.8 Å². The Balaban J connectivity index is 2.04. The molecule has 0 fully saturated rings. The molecule has 7 heteroatoms. The molecule has 0 saturated heterocycles. The van der Waals surface area contributed by atoms with E-state index in [1.165, 1.54) is 19.2 Å². The van der Waals surface area contributed by atoms with Gasteiger partial charge in [-0.1, -0.05) is 25.1 Å². The number of hydrogen-bond acceptors (Lipinski definition) is 4. The fourth-order valence-electron chi connectivity index (χ4n) is 2.17. The number of carbonyl (C=O) groups is 1. The van der Waals surface area contributed by atoms with Crippen LogP contribution in [0.25, 0.3) is 0 Å². The summed E-state index contributed by atoms with van der Waals surface area (Å²) in [4.78, 5) is 12.4. The van der Waals surface area contributed by atoms with Crippen LogP contribution < -0.4 is 14.8 Å². The minimum Gasteiger partial charge on any atom is -0.494 e. The van der Waals surface area contributed by atoms with E-state index in [-0.39, 0.29) is 17.3 Å². The van der Waals surface area contributed by atoms with E-state index in [1.807, 2.05) is 6.92 Å². The molecular weight excluding hydrogens is 340 g/mol. The molecule has 134 valence electrons. The highest BCUT2D eigenvalue weighted by molar-refractivity contribution is 7.89. The molecule has 6 nitrogen and oxygen atoms in total. The normalized spacial score (nSPS) is 11.1. The Bertz CT molecular complexity index is 834. The standard InChI is InChI=1S/C18H22N2O4S/c1-3-10-24-16-8-5-7-15(12-16)18(21)20-13-14-6-4-9-17(11-14)25(22,23)19-2/h4-9,11-12,19H,3,10,13H2,1-2H3,(H,20,21). The van der Waals surface area contributed by atoms with Crippen LogP contribution >= 0.6 is 0 Å². The molecule has 0 aliphatic carbocycles. The average molecular weight is 362 g/mol. The van der Waals surface area contributed by atoms with Gasteiger partial charge in [0.05, 0.1) is 11.5 Å². The largest absolute Gasteiger partial charge is 0.494 e. The van der Waals surface area contributed by atoms with Gasteiger partial charge in [0.25, 0.3) is 5.91 Å². The first-order valence-corrected chi connectivity index (χ1v) is 9.48. The summed E-state index contributed by atoms with van der Waals surface area (Å²) in [5.41, 5.74) is 1.19. The first-order chi connectivity index (χ1) is 12.0. The van der Waals surface area contributed by atoms with E-state index in [2.05, 4.69) is 10.0 Å². The zero-order valence-corrected chi connectivity index (χ0v) is 15.1. The maximum absolute atomic E-state index is 12.3. The topological polar surface area (TPSA) is 84.5 Å². The van der Waals surface area contributed by atoms with Crippen molar-refractivity contribution in [3.05, 3.63) is 59.7 Å². The second kappa shape index (κ2) is 8.64. The first kappa shape index (κ1) is 19.0. The van der Waals surface area contributed by atoms with Crippen LogP contribution in [0.3, 0.4) is 0 Å². The third-order valence-corrected chi connectivity index (χ3v) is 4.91. The zero-order chi connectivity index (χ0) is 18.3. The van der Waals surface area contributed by atoms with Gasteiger partial charge in [0.1, 0.15) is 5.75 Å². The molecule has 0 saturated carbocycles. The van der Waals surface area contributed by atoms with Crippen molar-refractivity contribution in [3.63, 3.8) is 0 Å². The molecule has 25 heavy (non-hydrogen) atoms. The van der Waals surface area contributed by atoms with E-state index in [0.717, 1.165) is 6.42 Å². The van der Waals surface area contributed by atoms with E-state index < -0.39 is 10.0 Å². The molecule has 0 unspecified atom stereocenters. The van der Waals surface area contributed by atoms with Gasteiger partial charge in [-0.3, -0.25) is 4.79 Å². The maximum atomic E-state index is 12.3. The van der Waals surface area contributed by atoms with E-state index in [4.69, 9.17) is 4.74 Å². The lowest BCUT2D eigenvalue weighted by Crippen LogP contribution is -2.23. The van der Waals surface area contributed by atoms with Crippen molar-refractivity contribution >= 4 is 15.9 Å². The van der Waals surface area contributed by atoms with E-state index >= 15 is 0 Å². The Morgan fingerprint density at radius 3 is 2.60 bits per heavy atom. The Kier molecular flexibility index (Phi) is 6.55. The summed E-state index contributed by atoms with van der Waals surface area (Å²) in [7, 11) is -2.15. The third kappa shape index (κ3) is 5.30. The van der Waals surface area contributed by atoms with Crippen LogP contribution in [0, 0.1) is 0 Å². The number of rotatable bonds is 8. The van der Waals surface area contributed by atoms with Crippen LogP contribution in [0.1, 0.15) is 29.3 Å². The molecule has 0 aliphatic heterocycles. The minimum atomic E-state index is -3.51. The Hall–Kier alpha value is -2.38. The summed E-state index contributed by atoms with van der Waals surface area (Å²) in [5, 5.41) is 2.79. The summed E-state index contributed by atoms with van der Waals surface area (Å²) in [6.45, 7) is 2.84. The van der Waals surface area contributed by atoms with Crippen LogP contribution in [0.4, 0.5) is 0 Å². The fraction of sp³-hybridized carbons (Fsp3) is 0.278. The number of sulfonamides is 1. The van der Waals surface area contributed by atoms with E-state index in [0.29, 0.717) is 23.5 Å². The number of ether oxygens (including phenoxy) is 1. The number of hydrogen-bond donors (Lipinski definition) is 2. The van der Waals surface area contributed by atoms with Crippen molar-refractivity contribution in [2.75, 3.05) is 13.7 Å². The van der Waals surface area contributed by atoms with Gasteiger partial charge in [-0.2, -0.15) is 0 Å². The number of benzene rings is 2. The van der Waals surface area contributed by atoms with Gasteiger partial charge in [0.2, 0.25) is 10.0 Å². The second-order valence-corrected chi connectivity index (χ2v) is 7.30. The van der Waals surface area contributed by atoms with Crippen LogP contribution in [-0.4, -0.2) is 28.0 Å². The molecule has 1 amide bonds. The lowest BCUT2D eigenvalue weighted by Gasteiger charge is -2.09. The summed E-state index contributed by atoms with van der Waals surface area (Å²) >= 11 is 0. The predicted molar refractivity (Wildman–Crippen MR) is 96.1 cm³/mol. The Morgan fingerprint density at radius 2 is 1.88 bits per heavy atom. The lowest BCUT2D eigenvalue weighted by atomic mass is 10.2. The average Bonchev–Trinajstić information content (AvgIpc) is 2.65. The van der Waals surface area contributed by atoms with Crippen LogP contribution in [0.2, 0.25) is 0 Å². The van der Waals surface area contributed by atoms with E-state index in [1.54, 1.807) is 36.4 Å². The van der Waals surface area contributed by atoms with Crippen LogP contribution in [-0.2, 0) is 16.6 Å². The SMILES string of the molecule is CCCOc1cccc(C(=O)NCc2cccc(S(=O)(=O)NC)c2)c1. The number of carbonyl (C=O) groups excluding carboxylic acids is 1. The summed E-state index contributed by atoms with van der Waals surface area (Å²) in [6.07, 6.45) is 0.891. The lowest BCUT2D eigenvalue weighted by molar-refractivity contribution is 0.0950. The molecule has 2 aromatic carbocycles. The minimum absolute atomic E-state index is 0.164. The third-order valence-electron chi connectivity index (χ3n) is 3.50. The zero-order valence-electron chi connectivity index (χ0n) is 14.3. The van der Waals surface area contributed by atoms with Gasteiger partial charge < -0.3 is 10.1 Å². The molecule has 0 spiro atoms. The molecule has 0 aliphatic rings. The molecule has 0 atom stereocenters. The first-order valence-electron chi connectivity index (χ1n) is 8.00. The predicted octanol–water partition coefficient (Wildman–Crippen LogP) is 2.31.